The molecule has 0 aliphatic heterocycles. The Hall–Kier alpha value is -3.96. The van der Waals surface area contributed by atoms with E-state index in [1.54, 1.807) is 14.2 Å². The van der Waals surface area contributed by atoms with E-state index in [0.29, 0.717) is 11.5 Å². The Morgan fingerprint density at radius 2 is 0.897 bits per heavy atom. The van der Waals surface area contributed by atoms with Crippen LogP contribution in [0.25, 0.3) is 0 Å². The molecule has 1 N–H and O–H groups in total. The molecule has 0 bridgehead atoms. The Morgan fingerprint density at radius 3 is 1.28 bits per heavy atom. The topological polar surface area (TPSA) is 57.2 Å². The number of ether oxygens (including phenoxy) is 4. The van der Waals surface area contributed by atoms with E-state index in [2.05, 4.69) is 69.3 Å². The number of hydrogen-bond donors (Lipinski definition) is 1. The molecule has 0 saturated carbocycles. The molecule has 0 aliphatic carbocycles. The summed E-state index contributed by atoms with van der Waals surface area (Å²) in [6.07, 6.45) is -0.752. The molecule has 39 heavy (non-hydrogen) atoms. The van der Waals surface area contributed by atoms with E-state index in [1.165, 1.54) is 22.3 Å². The molecule has 0 spiro atoms. The maximum Gasteiger partial charge on any atom is 0.122 e. The number of aliphatic hydroxyl groups excluding tert-OH is 1. The van der Waals surface area contributed by atoms with Crippen LogP contribution in [-0.4, -0.2) is 38.6 Å². The first-order valence-corrected chi connectivity index (χ1v) is 13.2. The lowest BCUT2D eigenvalue weighted by atomic mass is 9.78. The third-order valence-electron chi connectivity index (χ3n) is 7.27. The Labute approximate surface area is 232 Å². The minimum absolute atomic E-state index is 0.147. The second kappa shape index (κ2) is 12.7. The summed E-state index contributed by atoms with van der Waals surface area (Å²) in [7, 11) is 3.34. The van der Waals surface area contributed by atoms with Gasteiger partial charge in [0.1, 0.15) is 42.3 Å². The summed E-state index contributed by atoms with van der Waals surface area (Å²) in [5.74, 6) is 3.36. The molecule has 2 atom stereocenters. The van der Waals surface area contributed by atoms with Crippen molar-refractivity contribution in [3.8, 4) is 23.0 Å². The SMILES string of the molecule is COc1ccc(C(C)c2ccc(OCC(O)COc3ccc(C(C)(C)c4ccc(OC)cc4)cc3)cc2)cc1. The maximum atomic E-state index is 10.4. The third-order valence-corrected chi connectivity index (χ3v) is 7.27. The summed E-state index contributed by atoms with van der Waals surface area (Å²) in [6.45, 7) is 6.85. The highest BCUT2D eigenvalue weighted by atomic mass is 16.5. The highest BCUT2D eigenvalue weighted by Crippen LogP contribution is 2.33. The lowest BCUT2D eigenvalue weighted by Crippen LogP contribution is -2.25. The molecule has 2 unspecified atom stereocenters. The van der Waals surface area contributed by atoms with Crippen LogP contribution in [0.4, 0.5) is 0 Å². The van der Waals surface area contributed by atoms with Crippen LogP contribution in [0.5, 0.6) is 23.0 Å². The molecule has 0 heterocycles. The molecule has 0 aromatic heterocycles. The van der Waals surface area contributed by atoms with Gasteiger partial charge >= 0.3 is 0 Å². The van der Waals surface area contributed by atoms with E-state index in [0.717, 1.165) is 11.5 Å². The Balaban J connectivity index is 1.25. The van der Waals surface area contributed by atoms with Crippen molar-refractivity contribution in [1.29, 1.82) is 0 Å². The quantitative estimate of drug-likeness (QED) is 0.215. The smallest absolute Gasteiger partial charge is 0.122 e. The fourth-order valence-electron chi connectivity index (χ4n) is 4.51. The van der Waals surface area contributed by atoms with Crippen LogP contribution in [0.3, 0.4) is 0 Å². The van der Waals surface area contributed by atoms with Crippen molar-refractivity contribution in [2.75, 3.05) is 27.4 Å². The van der Waals surface area contributed by atoms with Crippen molar-refractivity contribution >= 4 is 0 Å². The van der Waals surface area contributed by atoms with Gasteiger partial charge in [-0.05, 0) is 70.8 Å². The standard InChI is InChI=1S/C34H38O5/c1-24(25-6-14-30(36-4)15-7-25)26-8-16-32(17-9-26)38-22-29(35)23-39-33-20-12-28(13-21-33)34(2,3)27-10-18-31(37-5)19-11-27/h6-21,24,29,35H,22-23H2,1-5H3. The molecule has 0 amide bonds. The highest BCUT2D eigenvalue weighted by molar-refractivity contribution is 5.42. The van der Waals surface area contributed by atoms with Gasteiger partial charge < -0.3 is 24.1 Å². The molecular formula is C34H38O5. The average Bonchev–Trinajstić information content (AvgIpc) is 2.99. The largest absolute Gasteiger partial charge is 0.497 e. The van der Waals surface area contributed by atoms with Gasteiger partial charge in [-0.15, -0.1) is 0 Å². The first kappa shape index (κ1) is 28.1. The fourth-order valence-corrected chi connectivity index (χ4v) is 4.51. The normalized spacial score (nSPS) is 12.9. The molecule has 0 radical (unpaired) electrons. The lowest BCUT2D eigenvalue weighted by molar-refractivity contribution is 0.0626. The molecule has 4 aromatic rings. The van der Waals surface area contributed by atoms with Gasteiger partial charge in [0, 0.05) is 11.3 Å². The minimum atomic E-state index is -0.752. The lowest BCUT2D eigenvalue weighted by Gasteiger charge is -2.26. The zero-order valence-electron chi connectivity index (χ0n) is 23.4. The Bertz CT molecular complexity index is 1290. The van der Waals surface area contributed by atoms with E-state index >= 15 is 0 Å². The van der Waals surface area contributed by atoms with Crippen molar-refractivity contribution in [1.82, 2.24) is 0 Å². The number of methoxy groups -OCH3 is 2. The first-order chi connectivity index (χ1) is 18.8. The Morgan fingerprint density at radius 1 is 0.564 bits per heavy atom. The van der Waals surface area contributed by atoms with Gasteiger partial charge in [0.05, 0.1) is 14.2 Å². The molecule has 0 aliphatic rings. The van der Waals surface area contributed by atoms with Crippen LogP contribution in [0.1, 0.15) is 48.9 Å². The van der Waals surface area contributed by atoms with Gasteiger partial charge in [0.2, 0.25) is 0 Å². The van der Waals surface area contributed by atoms with Gasteiger partial charge in [-0.3, -0.25) is 0 Å². The molecule has 4 rings (SSSR count). The zero-order valence-corrected chi connectivity index (χ0v) is 23.4. The van der Waals surface area contributed by atoms with Gasteiger partial charge in [-0.25, -0.2) is 0 Å². The van der Waals surface area contributed by atoms with Gasteiger partial charge in [0.25, 0.3) is 0 Å². The van der Waals surface area contributed by atoms with Crippen LogP contribution >= 0.6 is 0 Å². The molecule has 0 fully saturated rings. The summed E-state index contributed by atoms with van der Waals surface area (Å²) >= 11 is 0. The molecular weight excluding hydrogens is 488 g/mol. The third kappa shape index (κ3) is 7.12. The predicted molar refractivity (Wildman–Crippen MR) is 156 cm³/mol. The number of hydrogen-bond acceptors (Lipinski definition) is 5. The average molecular weight is 527 g/mol. The Kier molecular flexibility index (Phi) is 9.15. The zero-order chi connectivity index (χ0) is 27.8. The summed E-state index contributed by atoms with van der Waals surface area (Å²) in [5, 5.41) is 10.4. The number of rotatable bonds is 12. The van der Waals surface area contributed by atoms with Gasteiger partial charge in [-0.2, -0.15) is 0 Å². The molecule has 204 valence electrons. The van der Waals surface area contributed by atoms with Crippen LogP contribution in [0, 0.1) is 0 Å². The van der Waals surface area contributed by atoms with E-state index in [4.69, 9.17) is 18.9 Å². The summed E-state index contributed by atoms with van der Waals surface area (Å²) in [6, 6.07) is 32.3. The summed E-state index contributed by atoms with van der Waals surface area (Å²) in [4.78, 5) is 0. The van der Waals surface area contributed by atoms with Gasteiger partial charge in [0.15, 0.2) is 0 Å². The molecule has 4 aromatic carbocycles. The van der Waals surface area contributed by atoms with Crippen LogP contribution < -0.4 is 18.9 Å². The second-order valence-electron chi connectivity index (χ2n) is 10.2. The van der Waals surface area contributed by atoms with Crippen molar-refractivity contribution in [2.45, 2.75) is 38.2 Å². The van der Waals surface area contributed by atoms with Gasteiger partial charge in [-0.1, -0.05) is 69.3 Å². The van der Waals surface area contributed by atoms with Crippen LogP contribution in [0.2, 0.25) is 0 Å². The second-order valence-corrected chi connectivity index (χ2v) is 10.2. The van der Waals surface area contributed by atoms with E-state index in [1.807, 2.05) is 48.5 Å². The van der Waals surface area contributed by atoms with Crippen molar-refractivity contribution < 1.29 is 24.1 Å². The highest BCUT2D eigenvalue weighted by Gasteiger charge is 2.23. The predicted octanol–water partition coefficient (Wildman–Crippen LogP) is 7.00. The molecule has 5 heteroatoms. The van der Waals surface area contributed by atoms with Crippen molar-refractivity contribution in [3.05, 3.63) is 119 Å². The van der Waals surface area contributed by atoms with Crippen LogP contribution in [-0.2, 0) is 5.41 Å². The van der Waals surface area contributed by atoms with E-state index in [9.17, 15) is 5.11 Å². The van der Waals surface area contributed by atoms with Crippen molar-refractivity contribution in [2.24, 2.45) is 0 Å². The molecule has 5 nitrogen and oxygen atoms in total. The fraction of sp³-hybridized carbons (Fsp3) is 0.294. The van der Waals surface area contributed by atoms with E-state index in [-0.39, 0.29) is 24.5 Å². The van der Waals surface area contributed by atoms with Crippen LogP contribution in [0.15, 0.2) is 97.1 Å². The summed E-state index contributed by atoms with van der Waals surface area (Å²) in [5.41, 5.74) is 4.62. The monoisotopic (exact) mass is 526 g/mol. The van der Waals surface area contributed by atoms with Crippen molar-refractivity contribution in [3.63, 3.8) is 0 Å². The number of aliphatic hydroxyl groups is 1. The maximum absolute atomic E-state index is 10.4. The van der Waals surface area contributed by atoms with E-state index < -0.39 is 6.10 Å². The minimum Gasteiger partial charge on any atom is -0.497 e. The number of benzene rings is 4. The first-order valence-electron chi connectivity index (χ1n) is 13.2. The summed E-state index contributed by atoms with van der Waals surface area (Å²) < 4.78 is 22.1. The molecule has 0 saturated heterocycles.